The number of hydroxylamine groups is 1. The largest absolute Gasteiger partial charge is 0.478 e. The van der Waals surface area contributed by atoms with Gasteiger partial charge in [0.15, 0.2) is 0 Å². The molecule has 2 fully saturated rings. The summed E-state index contributed by atoms with van der Waals surface area (Å²) in [6.07, 6.45) is -0.596. The molecule has 1 aromatic carbocycles. The average molecular weight is 492 g/mol. The summed E-state index contributed by atoms with van der Waals surface area (Å²) in [6, 6.07) is 4.19. The number of aliphatic hydroxyl groups is 1. The highest BCUT2D eigenvalue weighted by Crippen LogP contribution is 2.51. The fourth-order valence-electron chi connectivity index (χ4n) is 4.88. The minimum Gasteiger partial charge on any atom is -0.478 e. The van der Waals surface area contributed by atoms with E-state index in [9.17, 15) is 34.6 Å². The maximum atomic E-state index is 12.8. The number of thioether (sulfide) groups is 1. The first kappa shape index (κ1) is 24.2. The van der Waals surface area contributed by atoms with Crippen molar-refractivity contribution < 1.29 is 39.7 Å². The number of amides is 2. The van der Waals surface area contributed by atoms with Gasteiger partial charge in [0.2, 0.25) is 5.91 Å². The number of nitrogens with one attached hydrogen (secondary N) is 1. The monoisotopic (exact) mass is 491 g/mol. The predicted octanol–water partition coefficient (Wildman–Crippen LogP) is 0.724. The number of anilines is 1. The third kappa shape index (κ3) is 3.96. The first-order valence-electron chi connectivity index (χ1n) is 10.8. The molecule has 11 nitrogen and oxygen atoms in total. The molecule has 0 saturated carbocycles. The normalized spacial score (nSPS) is 29.0. The maximum Gasteiger partial charge on any atom is 0.353 e. The van der Waals surface area contributed by atoms with Crippen molar-refractivity contribution in [2.75, 3.05) is 11.6 Å². The SMILES string of the molecule is C[C@@H](O)[C@H]1C(=O)N2C(C(=O)O)=C(S[C@@H]3CN[C@H](C(=O)N(O)c4cccc(C(=O)O)c4)C3)[C@H](C)[C@H]12. The smallest absolute Gasteiger partial charge is 0.353 e. The number of aromatic carboxylic acids is 1. The van der Waals surface area contributed by atoms with Crippen LogP contribution in [0.15, 0.2) is 34.9 Å². The van der Waals surface area contributed by atoms with Gasteiger partial charge in [0.1, 0.15) is 5.70 Å². The number of nitrogens with zero attached hydrogens (tertiary/aromatic N) is 2. The molecule has 34 heavy (non-hydrogen) atoms. The molecule has 2 amide bonds. The van der Waals surface area contributed by atoms with E-state index >= 15 is 0 Å². The Kier molecular flexibility index (Phi) is 6.42. The van der Waals surface area contributed by atoms with Crippen LogP contribution in [0.2, 0.25) is 0 Å². The second kappa shape index (κ2) is 9.02. The van der Waals surface area contributed by atoms with Crippen LogP contribution in [0.3, 0.4) is 0 Å². The van der Waals surface area contributed by atoms with Gasteiger partial charge in [-0.2, -0.15) is 5.06 Å². The number of carbonyl (C=O) groups excluding carboxylic acids is 2. The molecular weight excluding hydrogens is 466 g/mol. The zero-order valence-electron chi connectivity index (χ0n) is 18.4. The van der Waals surface area contributed by atoms with Crippen LogP contribution in [0.4, 0.5) is 5.69 Å². The number of aliphatic hydroxyl groups excluding tert-OH is 1. The highest BCUT2D eigenvalue weighted by Gasteiger charge is 2.60. The van der Waals surface area contributed by atoms with Crippen molar-refractivity contribution in [3.05, 3.63) is 40.4 Å². The zero-order chi connectivity index (χ0) is 24.9. The second-order valence-electron chi connectivity index (χ2n) is 8.71. The molecule has 0 aromatic heterocycles. The van der Waals surface area contributed by atoms with E-state index in [1.54, 1.807) is 0 Å². The van der Waals surface area contributed by atoms with Crippen molar-refractivity contribution in [2.24, 2.45) is 11.8 Å². The lowest BCUT2D eigenvalue weighted by Crippen LogP contribution is -2.63. The Hall–Kier alpha value is -2.93. The number of hydrogen-bond acceptors (Lipinski definition) is 8. The van der Waals surface area contributed by atoms with Crippen molar-refractivity contribution >= 4 is 41.2 Å². The van der Waals surface area contributed by atoms with Gasteiger partial charge in [-0.05, 0) is 31.5 Å². The average Bonchev–Trinajstić information content (AvgIpc) is 3.34. The van der Waals surface area contributed by atoms with Crippen molar-refractivity contribution in [1.29, 1.82) is 0 Å². The van der Waals surface area contributed by atoms with Crippen LogP contribution < -0.4 is 10.4 Å². The highest BCUT2D eigenvalue weighted by atomic mass is 32.2. The van der Waals surface area contributed by atoms with E-state index in [4.69, 9.17) is 5.11 Å². The lowest BCUT2D eigenvalue weighted by Gasteiger charge is -2.46. The summed E-state index contributed by atoms with van der Waals surface area (Å²) in [4.78, 5) is 50.2. The van der Waals surface area contributed by atoms with Gasteiger partial charge in [0.25, 0.3) is 5.91 Å². The molecule has 0 bridgehead atoms. The Morgan fingerprint density at radius 1 is 1.24 bits per heavy atom. The molecule has 0 unspecified atom stereocenters. The topological polar surface area (TPSA) is 168 Å². The van der Waals surface area contributed by atoms with E-state index in [1.165, 1.54) is 47.9 Å². The van der Waals surface area contributed by atoms with E-state index in [-0.39, 0.29) is 28.1 Å². The third-order valence-electron chi connectivity index (χ3n) is 6.54. The van der Waals surface area contributed by atoms with Crippen molar-refractivity contribution in [3.63, 3.8) is 0 Å². The zero-order valence-corrected chi connectivity index (χ0v) is 19.2. The number of benzene rings is 1. The predicted molar refractivity (Wildman–Crippen MR) is 120 cm³/mol. The van der Waals surface area contributed by atoms with E-state index in [1.807, 2.05) is 6.92 Å². The van der Waals surface area contributed by atoms with E-state index in [2.05, 4.69) is 5.32 Å². The van der Waals surface area contributed by atoms with E-state index in [0.29, 0.717) is 22.9 Å². The Labute approximate surface area is 199 Å². The molecule has 2 saturated heterocycles. The summed E-state index contributed by atoms with van der Waals surface area (Å²) < 4.78 is 0. The molecule has 3 aliphatic heterocycles. The summed E-state index contributed by atoms with van der Waals surface area (Å²) in [5.74, 6) is -4.40. The molecule has 1 aromatic rings. The van der Waals surface area contributed by atoms with Crippen LogP contribution in [0.5, 0.6) is 0 Å². The van der Waals surface area contributed by atoms with Gasteiger partial charge in [0.05, 0.1) is 35.4 Å². The fourth-order valence-corrected chi connectivity index (χ4v) is 6.36. The van der Waals surface area contributed by atoms with Crippen molar-refractivity contribution in [3.8, 4) is 0 Å². The molecule has 0 aliphatic carbocycles. The van der Waals surface area contributed by atoms with Gasteiger partial charge in [-0.25, -0.2) is 9.59 Å². The number of carbonyl (C=O) groups is 4. The van der Waals surface area contributed by atoms with Gasteiger partial charge in [0, 0.05) is 22.6 Å². The van der Waals surface area contributed by atoms with Gasteiger partial charge < -0.3 is 25.5 Å². The molecule has 6 atom stereocenters. The minimum atomic E-state index is -1.22. The Balaban J connectivity index is 1.46. The molecule has 3 aliphatic rings. The van der Waals surface area contributed by atoms with Gasteiger partial charge in [-0.15, -0.1) is 11.8 Å². The minimum absolute atomic E-state index is 0.0233. The molecule has 0 radical (unpaired) electrons. The van der Waals surface area contributed by atoms with Gasteiger partial charge in [-0.3, -0.25) is 14.8 Å². The number of fused-ring (bicyclic) bond motifs is 1. The molecule has 0 spiro atoms. The molecule has 3 heterocycles. The highest BCUT2D eigenvalue weighted by molar-refractivity contribution is 8.03. The number of rotatable bonds is 7. The fraction of sp³-hybridized carbons (Fsp3) is 0.455. The third-order valence-corrected chi connectivity index (χ3v) is 8.05. The molecule has 5 N–H and O–H groups in total. The van der Waals surface area contributed by atoms with E-state index in [0.717, 1.165) is 0 Å². The first-order valence-corrected chi connectivity index (χ1v) is 11.7. The summed E-state index contributed by atoms with van der Waals surface area (Å²) in [6.45, 7) is 3.71. The number of carboxylic acid groups (broad SMARTS) is 2. The van der Waals surface area contributed by atoms with E-state index < -0.39 is 47.9 Å². The Bertz CT molecular complexity index is 1090. The number of aliphatic carboxylic acids is 1. The molecular formula is C22H25N3O8S. The number of β-lactam (4-membered cyclic amide) rings is 1. The molecule has 4 rings (SSSR count). The van der Waals surface area contributed by atoms with Crippen LogP contribution in [0, 0.1) is 11.8 Å². The van der Waals surface area contributed by atoms with Crippen LogP contribution in [0.25, 0.3) is 0 Å². The standard InChI is InChI=1S/C22H25N3O8S/c1-9-16-15(10(2)26)20(28)24(16)17(22(31)32)18(9)34-13-7-14(23-8-13)19(27)25(33)12-5-3-4-11(6-12)21(29)30/h3-6,9-10,13-16,23,26,33H,7-8H2,1-2H3,(H,29,30)(H,31,32)/t9-,10-,13+,14+,15-,16-/m1/s1. The van der Waals surface area contributed by atoms with Crippen molar-refractivity contribution in [1.82, 2.24) is 10.2 Å². The summed E-state index contributed by atoms with van der Waals surface area (Å²) in [7, 11) is 0. The van der Waals surface area contributed by atoms with Gasteiger partial charge >= 0.3 is 11.9 Å². The summed E-state index contributed by atoms with van der Waals surface area (Å²) in [5.41, 5.74) is -0.126. The van der Waals surface area contributed by atoms with Crippen LogP contribution in [0.1, 0.15) is 30.6 Å². The van der Waals surface area contributed by atoms with Crippen LogP contribution in [-0.4, -0.2) is 79.2 Å². The molecule has 182 valence electrons. The summed E-state index contributed by atoms with van der Waals surface area (Å²) >= 11 is 1.29. The Morgan fingerprint density at radius 3 is 2.56 bits per heavy atom. The quantitative estimate of drug-likeness (QED) is 0.208. The number of hydrogen-bond donors (Lipinski definition) is 5. The van der Waals surface area contributed by atoms with Crippen molar-refractivity contribution in [2.45, 2.75) is 43.7 Å². The van der Waals surface area contributed by atoms with Crippen LogP contribution in [-0.2, 0) is 14.4 Å². The van der Waals surface area contributed by atoms with Crippen LogP contribution >= 0.6 is 11.8 Å². The first-order chi connectivity index (χ1) is 16.0. The Morgan fingerprint density at radius 2 is 1.94 bits per heavy atom. The second-order valence-corrected chi connectivity index (χ2v) is 10.1. The lowest BCUT2D eigenvalue weighted by atomic mass is 9.79. The molecule has 12 heteroatoms. The maximum absolute atomic E-state index is 12.8. The van der Waals surface area contributed by atoms with Gasteiger partial charge in [-0.1, -0.05) is 13.0 Å². The number of carboxylic acids is 2. The lowest BCUT2D eigenvalue weighted by molar-refractivity contribution is -0.163. The summed E-state index contributed by atoms with van der Waals surface area (Å²) in [5, 5.41) is 42.4.